The standard InChI is InChI=1S/C12H20ClN3O/c1-8-12(13)11(16(3)15-8)6-9-7-17-5-4-10(9)14-2/h9-10,14H,4-7H2,1-3H3. The van der Waals surface area contributed by atoms with Gasteiger partial charge in [0.1, 0.15) is 0 Å². The summed E-state index contributed by atoms with van der Waals surface area (Å²) in [5.41, 5.74) is 2.02. The third-order valence-electron chi connectivity index (χ3n) is 3.56. The summed E-state index contributed by atoms with van der Waals surface area (Å²) in [5.74, 6) is 0.473. The van der Waals surface area contributed by atoms with E-state index in [1.807, 2.05) is 25.7 Å². The first kappa shape index (κ1) is 12.9. The van der Waals surface area contributed by atoms with Gasteiger partial charge in [-0.05, 0) is 26.8 Å². The van der Waals surface area contributed by atoms with Gasteiger partial charge < -0.3 is 10.1 Å². The van der Waals surface area contributed by atoms with Crippen LogP contribution in [0.5, 0.6) is 0 Å². The molecule has 0 bridgehead atoms. The maximum Gasteiger partial charge on any atom is 0.0847 e. The highest BCUT2D eigenvalue weighted by atomic mass is 35.5. The highest BCUT2D eigenvalue weighted by molar-refractivity contribution is 6.31. The molecule has 5 heteroatoms. The molecule has 1 aromatic heterocycles. The molecular formula is C12H20ClN3O. The number of ether oxygens (including phenoxy) is 1. The van der Waals surface area contributed by atoms with Crippen LogP contribution in [0.25, 0.3) is 0 Å². The fourth-order valence-corrected chi connectivity index (χ4v) is 2.77. The Bertz CT molecular complexity index is 391. The van der Waals surface area contributed by atoms with Gasteiger partial charge in [-0.2, -0.15) is 5.10 Å². The maximum atomic E-state index is 6.28. The molecule has 2 atom stereocenters. The summed E-state index contributed by atoms with van der Waals surface area (Å²) in [6, 6.07) is 0.509. The second-order valence-electron chi connectivity index (χ2n) is 4.69. The van der Waals surface area contributed by atoms with Crippen LogP contribution in [-0.2, 0) is 18.2 Å². The molecule has 1 saturated heterocycles. The van der Waals surface area contributed by atoms with E-state index in [2.05, 4.69) is 10.4 Å². The molecule has 17 heavy (non-hydrogen) atoms. The van der Waals surface area contributed by atoms with E-state index in [0.717, 1.165) is 42.5 Å². The van der Waals surface area contributed by atoms with Gasteiger partial charge in [0.25, 0.3) is 0 Å². The first-order chi connectivity index (χ1) is 8.13. The van der Waals surface area contributed by atoms with E-state index >= 15 is 0 Å². The van der Waals surface area contributed by atoms with Gasteiger partial charge in [-0.1, -0.05) is 11.6 Å². The van der Waals surface area contributed by atoms with Crippen molar-refractivity contribution in [3.8, 4) is 0 Å². The first-order valence-corrected chi connectivity index (χ1v) is 6.44. The zero-order valence-electron chi connectivity index (χ0n) is 10.7. The average molecular weight is 258 g/mol. The van der Waals surface area contributed by atoms with Crippen LogP contribution >= 0.6 is 11.6 Å². The van der Waals surface area contributed by atoms with Crippen molar-refractivity contribution >= 4 is 11.6 Å². The predicted molar refractivity (Wildman–Crippen MR) is 68.4 cm³/mol. The lowest BCUT2D eigenvalue weighted by molar-refractivity contribution is 0.0336. The molecule has 1 N–H and O–H groups in total. The fourth-order valence-electron chi connectivity index (χ4n) is 2.53. The third kappa shape index (κ3) is 2.64. The molecule has 4 nitrogen and oxygen atoms in total. The Morgan fingerprint density at radius 1 is 1.59 bits per heavy atom. The molecule has 0 aliphatic carbocycles. The molecular weight excluding hydrogens is 238 g/mol. The van der Waals surface area contributed by atoms with Crippen LogP contribution < -0.4 is 5.32 Å². The Morgan fingerprint density at radius 2 is 2.35 bits per heavy atom. The second-order valence-corrected chi connectivity index (χ2v) is 5.07. The van der Waals surface area contributed by atoms with Gasteiger partial charge in [0, 0.05) is 25.6 Å². The van der Waals surface area contributed by atoms with Crippen molar-refractivity contribution in [3.63, 3.8) is 0 Å². The highest BCUT2D eigenvalue weighted by Crippen LogP contribution is 2.25. The molecule has 1 aliphatic heterocycles. The van der Waals surface area contributed by atoms with Gasteiger partial charge in [-0.3, -0.25) is 4.68 Å². The predicted octanol–water partition coefficient (Wildman–Crippen LogP) is 1.55. The Labute approximate surface area is 107 Å². The molecule has 0 radical (unpaired) electrons. The Balaban J connectivity index is 2.13. The van der Waals surface area contributed by atoms with E-state index in [9.17, 15) is 0 Å². The van der Waals surface area contributed by atoms with E-state index < -0.39 is 0 Å². The van der Waals surface area contributed by atoms with Crippen LogP contribution in [0.4, 0.5) is 0 Å². The molecule has 1 aliphatic rings. The number of aromatic nitrogens is 2. The summed E-state index contributed by atoms with van der Waals surface area (Å²) in [5, 5.41) is 8.52. The van der Waals surface area contributed by atoms with Gasteiger partial charge >= 0.3 is 0 Å². The molecule has 0 aromatic carbocycles. The van der Waals surface area contributed by atoms with Gasteiger partial charge in [0.2, 0.25) is 0 Å². The molecule has 0 amide bonds. The quantitative estimate of drug-likeness (QED) is 0.893. The summed E-state index contributed by atoms with van der Waals surface area (Å²) in [6.07, 6.45) is 1.98. The van der Waals surface area contributed by atoms with E-state index in [0.29, 0.717) is 12.0 Å². The van der Waals surface area contributed by atoms with E-state index in [1.54, 1.807) is 0 Å². The minimum atomic E-state index is 0.473. The highest BCUT2D eigenvalue weighted by Gasteiger charge is 2.26. The number of hydrogen-bond acceptors (Lipinski definition) is 3. The molecule has 1 fully saturated rings. The molecule has 1 aromatic rings. The minimum absolute atomic E-state index is 0.473. The van der Waals surface area contributed by atoms with Crippen LogP contribution in [0, 0.1) is 12.8 Å². The summed E-state index contributed by atoms with van der Waals surface area (Å²) in [4.78, 5) is 0. The number of hydrogen-bond donors (Lipinski definition) is 1. The Kier molecular flexibility index (Phi) is 4.07. The lowest BCUT2D eigenvalue weighted by Crippen LogP contribution is -2.42. The van der Waals surface area contributed by atoms with Crippen molar-refractivity contribution in [1.29, 1.82) is 0 Å². The van der Waals surface area contributed by atoms with Gasteiger partial charge in [0.15, 0.2) is 0 Å². The molecule has 2 unspecified atom stereocenters. The Morgan fingerprint density at radius 3 is 2.94 bits per heavy atom. The zero-order chi connectivity index (χ0) is 12.4. The fraction of sp³-hybridized carbons (Fsp3) is 0.750. The number of aryl methyl sites for hydroxylation is 2. The van der Waals surface area contributed by atoms with Crippen molar-refractivity contribution < 1.29 is 4.74 Å². The van der Waals surface area contributed by atoms with Crippen molar-refractivity contribution in [2.75, 3.05) is 20.3 Å². The molecule has 0 saturated carbocycles. The average Bonchev–Trinajstić information content (AvgIpc) is 2.57. The molecule has 2 rings (SSSR count). The number of rotatable bonds is 3. The minimum Gasteiger partial charge on any atom is -0.381 e. The van der Waals surface area contributed by atoms with Crippen molar-refractivity contribution in [1.82, 2.24) is 15.1 Å². The lowest BCUT2D eigenvalue weighted by Gasteiger charge is -2.31. The molecule has 96 valence electrons. The summed E-state index contributed by atoms with van der Waals surface area (Å²) in [7, 11) is 3.96. The Hall–Kier alpha value is -0.580. The summed E-state index contributed by atoms with van der Waals surface area (Å²) >= 11 is 6.28. The number of nitrogens with zero attached hydrogens (tertiary/aromatic N) is 2. The topological polar surface area (TPSA) is 39.1 Å². The lowest BCUT2D eigenvalue weighted by atomic mass is 9.91. The van der Waals surface area contributed by atoms with Crippen LogP contribution in [0.3, 0.4) is 0 Å². The first-order valence-electron chi connectivity index (χ1n) is 6.06. The van der Waals surface area contributed by atoms with Gasteiger partial charge in [0.05, 0.1) is 23.0 Å². The normalized spacial score (nSPS) is 25.2. The van der Waals surface area contributed by atoms with Gasteiger partial charge in [-0.15, -0.1) is 0 Å². The molecule has 2 heterocycles. The van der Waals surface area contributed by atoms with Crippen LogP contribution in [0.15, 0.2) is 0 Å². The van der Waals surface area contributed by atoms with Crippen LogP contribution in [-0.4, -0.2) is 36.1 Å². The van der Waals surface area contributed by atoms with Crippen molar-refractivity contribution in [2.45, 2.75) is 25.8 Å². The maximum absolute atomic E-state index is 6.28. The number of halogens is 1. The largest absolute Gasteiger partial charge is 0.381 e. The summed E-state index contributed by atoms with van der Waals surface area (Å²) < 4.78 is 7.45. The third-order valence-corrected chi connectivity index (χ3v) is 4.05. The van der Waals surface area contributed by atoms with E-state index in [-0.39, 0.29) is 0 Å². The SMILES string of the molecule is CNC1CCOCC1Cc1c(Cl)c(C)nn1C. The number of nitrogens with one attached hydrogen (secondary N) is 1. The van der Waals surface area contributed by atoms with Crippen molar-refractivity contribution in [3.05, 3.63) is 16.4 Å². The van der Waals surface area contributed by atoms with Gasteiger partial charge in [-0.25, -0.2) is 0 Å². The zero-order valence-corrected chi connectivity index (χ0v) is 11.4. The van der Waals surface area contributed by atoms with Crippen LogP contribution in [0.1, 0.15) is 17.8 Å². The smallest absolute Gasteiger partial charge is 0.0847 e. The summed E-state index contributed by atoms with van der Waals surface area (Å²) in [6.45, 7) is 3.59. The van der Waals surface area contributed by atoms with Crippen LogP contribution in [0.2, 0.25) is 5.02 Å². The molecule has 0 spiro atoms. The van der Waals surface area contributed by atoms with E-state index in [4.69, 9.17) is 16.3 Å². The monoisotopic (exact) mass is 257 g/mol. The van der Waals surface area contributed by atoms with E-state index in [1.165, 1.54) is 0 Å². The second kappa shape index (κ2) is 5.38. The van der Waals surface area contributed by atoms with Crippen molar-refractivity contribution in [2.24, 2.45) is 13.0 Å².